The molecule has 1 heterocycles. The molecule has 1 unspecified atom stereocenters. The molecule has 0 saturated carbocycles. The molecule has 1 aromatic rings. The molecular formula is C14H23NO3. The van der Waals surface area contributed by atoms with Crippen molar-refractivity contribution in [3.8, 4) is 0 Å². The summed E-state index contributed by atoms with van der Waals surface area (Å²) in [4.78, 5) is 10.3. The molecule has 0 radical (unpaired) electrons. The van der Waals surface area contributed by atoms with Crippen LogP contribution in [0.5, 0.6) is 0 Å². The van der Waals surface area contributed by atoms with E-state index in [2.05, 4.69) is 18.3 Å². The van der Waals surface area contributed by atoms with Gasteiger partial charge in [-0.1, -0.05) is 6.42 Å². The maximum atomic E-state index is 10.3. The Bertz CT molecular complexity index is 384. The summed E-state index contributed by atoms with van der Waals surface area (Å²) in [7, 11) is 0. The molecule has 0 aliphatic carbocycles. The molecule has 1 rings (SSSR count). The highest BCUT2D eigenvalue weighted by molar-refractivity contribution is 5.66. The van der Waals surface area contributed by atoms with Crippen LogP contribution in [-0.4, -0.2) is 17.6 Å². The summed E-state index contributed by atoms with van der Waals surface area (Å²) < 4.78 is 5.50. The molecule has 0 spiro atoms. The highest BCUT2D eigenvalue weighted by Crippen LogP contribution is 2.21. The molecule has 2 N–H and O–H groups in total. The molecule has 4 heteroatoms. The first kappa shape index (κ1) is 14.8. The van der Waals surface area contributed by atoms with Gasteiger partial charge in [0.25, 0.3) is 0 Å². The number of rotatable bonds is 8. The summed E-state index contributed by atoms with van der Waals surface area (Å²) in [5, 5.41) is 11.9. The van der Waals surface area contributed by atoms with E-state index in [1.54, 1.807) is 0 Å². The van der Waals surface area contributed by atoms with Crippen molar-refractivity contribution in [1.82, 2.24) is 5.32 Å². The number of carbonyl (C=O) groups is 1. The van der Waals surface area contributed by atoms with Gasteiger partial charge < -0.3 is 14.8 Å². The van der Waals surface area contributed by atoms with Crippen molar-refractivity contribution in [2.24, 2.45) is 0 Å². The van der Waals surface area contributed by atoms with Crippen LogP contribution < -0.4 is 5.32 Å². The fourth-order valence-electron chi connectivity index (χ4n) is 2.09. The molecular weight excluding hydrogens is 230 g/mol. The second-order valence-corrected chi connectivity index (χ2v) is 4.75. The zero-order chi connectivity index (χ0) is 13.5. The number of unbranched alkanes of at least 4 members (excludes halogenated alkanes) is 2. The van der Waals surface area contributed by atoms with Crippen LogP contribution >= 0.6 is 0 Å². The number of carboxylic acid groups (broad SMARTS) is 1. The summed E-state index contributed by atoms with van der Waals surface area (Å²) in [6.07, 6.45) is 2.99. The van der Waals surface area contributed by atoms with Crippen LogP contribution in [0, 0.1) is 13.8 Å². The Morgan fingerprint density at radius 1 is 1.39 bits per heavy atom. The van der Waals surface area contributed by atoms with Crippen LogP contribution in [0.25, 0.3) is 0 Å². The Balaban J connectivity index is 2.19. The molecule has 0 aliphatic rings. The smallest absolute Gasteiger partial charge is 0.303 e. The topological polar surface area (TPSA) is 62.5 Å². The maximum Gasteiger partial charge on any atom is 0.303 e. The van der Waals surface area contributed by atoms with E-state index in [9.17, 15) is 4.79 Å². The second-order valence-electron chi connectivity index (χ2n) is 4.75. The van der Waals surface area contributed by atoms with Crippen LogP contribution in [-0.2, 0) is 4.79 Å². The maximum absolute atomic E-state index is 10.3. The number of furan rings is 1. The SMILES string of the molecule is Cc1cc(C(C)NCCCCCC(=O)O)c(C)o1. The van der Waals surface area contributed by atoms with E-state index in [0.717, 1.165) is 37.3 Å². The first-order chi connectivity index (χ1) is 8.50. The van der Waals surface area contributed by atoms with E-state index < -0.39 is 5.97 Å². The van der Waals surface area contributed by atoms with Crippen molar-refractivity contribution in [2.45, 2.75) is 52.5 Å². The van der Waals surface area contributed by atoms with Gasteiger partial charge in [0.15, 0.2) is 0 Å². The van der Waals surface area contributed by atoms with E-state index in [1.807, 2.05) is 13.8 Å². The predicted molar refractivity (Wildman–Crippen MR) is 70.7 cm³/mol. The van der Waals surface area contributed by atoms with Crippen LogP contribution in [0.15, 0.2) is 10.5 Å². The van der Waals surface area contributed by atoms with Gasteiger partial charge in [-0.15, -0.1) is 0 Å². The summed E-state index contributed by atoms with van der Waals surface area (Å²) in [5.41, 5.74) is 1.21. The molecule has 0 amide bonds. The highest BCUT2D eigenvalue weighted by atomic mass is 16.4. The minimum Gasteiger partial charge on any atom is -0.481 e. The van der Waals surface area contributed by atoms with Crippen molar-refractivity contribution in [3.05, 3.63) is 23.2 Å². The first-order valence-electron chi connectivity index (χ1n) is 6.53. The van der Waals surface area contributed by atoms with Gasteiger partial charge in [-0.2, -0.15) is 0 Å². The lowest BCUT2D eigenvalue weighted by molar-refractivity contribution is -0.137. The van der Waals surface area contributed by atoms with Crippen LogP contribution in [0.1, 0.15) is 55.7 Å². The Morgan fingerprint density at radius 2 is 2.11 bits per heavy atom. The third kappa shape index (κ3) is 4.92. The lowest BCUT2D eigenvalue weighted by Gasteiger charge is -2.12. The van der Waals surface area contributed by atoms with Crippen LogP contribution in [0.4, 0.5) is 0 Å². The average Bonchev–Trinajstić information content (AvgIpc) is 2.62. The summed E-state index contributed by atoms with van der Waals surface area (Å²) in [6, 6.07) is 2.35. The van der Waals surface area contributed by atoms with E-state index in [4.69, 9.17) is 9.52 Å². The molecule has 0 fully saturated rings. The number of aliphatic carboxylic acids is 1. The van der Waals surface area contributed by atoms with E-state index >= 15 is 0 Å². The second kappa shape index (κ2) is 7.21. The van der Waals surface area contributed by atoms with Crippen molar-refractivity contribution in [2.75, 3.05) is 6.54 Å². The largest absolute Gasteiger partial charge is 0.481 e. The average molecular weight is 253 g/mol. The number of carboxylic acids is 1. The standard InChI is InChI=1S/C14H23NO3/c1-10-9-13(12(3)18-10)11(2)15-8-6-4-5-7-14(16)17/h9,11,15H,4-8H2,1-3H3,(H,16,17). The van der Waals surface area contributed by atoms with Gasteiger partial charge in [0, 0.05) is 18.0 Å². The van der Waals surface area contributed by atoms with E-state index in [1.165, 1.54) is 5.56 Å². The molecule has 1 aromatic heterocycles. The van der Waals surface area contributed by atoms with E-state index in [-0.39, 0.29) is 12.5 Å². The number of hydrogen-bond acceptors (Lipinski definition) is 3. The molecule has 0 saturated heterocycles. The van der Waals surface area contributed by atoms with Gasteiger partial charge in [-0.3, -0.25) is 4.79 Å². The van der Waals surface area contributed by atoms with E-state index in [0.29, 0.717) is 0 Å². The molecule has 1 atom stereocenters. The fourth-order valence-corrected chi connectivity index (χ4v) is 2.09. The zero-order valence-electron chi connectivity index (χ0n) is 11.5. The molecule has 0 aromatic carbocycles. The monoisotopic (exact) mass is 253 g/mol. The molecule has 102 valence electrons. The van der Waals surface area contributed by atoms with Gasteiger partial charge in [0.05, 0.1) is 0 Å². The van der Waals surface area contributed by atoms with Crippen molar-refractivity contribution >= 4 is 5.97 Å². The Hall–Kier alpha value is -1.29. The minimum absolute atomic E-state index is 0.273. The van der Waals surface area contributed by atoms with Gasteiger partial charge in [0.1, 0.15) is 11.5 Å². The molecule has 4 nitrogen and oxygen atoms in total. The van der Waals surface area contributed by atoms with Gasteiger partial charge in [-0.05, 0) is 46.2 Å². The van der Waals surface area contributed by atoms with Crippen molar-refractivity contribution in [1.29, 1.82) is 0 Å². The molecule has 0 bridgehead atoms. The summed E-state index contributed by atoms with van der Waals surface area (Å²) >= 11 is 0. The zero-order valence-corrected chi connectivity index (χ0v) is 11.5. The number of nitrogens with one attached hydrogen (secondary N) is 1. The quantitative estimate of drug-likeness (QED) is 0.698. The minimum atomic E-state index is -0.708. The lowest BCUT2D eigenvalue weighted by atomic mass is 10.1. The lowest BCUT2D eigenvalue weighted by Crippen LogP contribution is -2.20. The van der Waals surface area contributed by atoms with Gasteiger partial charge in [0.2, 0.25) is 0 Å². The number of aryl methyl sites for hydroxylation is 2. The third-order valence-corrected chi connectivity index (χ3v) is 3.06. The summed E-state index contributed by atoms with van der Waals surface area (Å²) in [5.74, 6) is 1.21. The van der Waals surface area contributed by atoms with Gasteiger partial charge >= 0.3 is 5.97 Å². The number of hydrogen-bond donors (Lipinski definition) is 2. The fraction of sp³-hybridized carbons (Fsp3) is 0.643. The molecule has 18 heavy (non-hydrogen) atoms. The molecule has 0 aliphatic heterocycles. The Labute approximate surface area is 108 Å². The van der Waals surface area contributed by atoms with Crippen molar-refractivity contribution in [3.63, 3.8) is 0 Å². The van der Waals surface area contributed by atoms with Gasteiger partial charge in [-0.25, -0.2) is 0 Å². The van der Waals surface area contributed by atoms with Crippen molar-refractivity contribution < 1.29 is 14.3 Å². The predicted octanol–water partition coefficient (Wildman–Crippen LogP) is 3.19. The van der Waals surface area contributed by atoms with Crippen LogP contribution in [0.2, 0.25) is 0 Å². The van der Waals surface area contributed by atoms with Crippen LogP contribution in [0.3, 0.4) is 0 Å². The Morgan fingerprint density at radius 3 is 2.67 bits per heavy atom. The normalized spacial score (nSPS) is 12.6. The Kier molecular flexibility index (Phi) is 5.92. The highest BCUT2D eigenvalue weighted by Gasteiger charge is 2.11. The third-order valence-electron chi connectivity index (χ3n) is 3.06. The summed E-state index contributed by atoms with van der Waals surface area (Å²) in [6.45, 7) is 6.96. The first-order valence-corrected chi connectivity index (χ1v) is 6.53.